The number of methoxy groups -OCH3 is 1. The van der Waals surface area contributed by atoms with Gasteiger partial charge in [0.05, 0.1) is 24.7 Å². The summed E-state index contributed by atoms with van der Waals surface area (Å²) in [5.74, 6) is 1.13. The number of ether oxygens (including phenoxy) is 2. The fourth-order valence-electron chi connectivity index (χ4n) is 4.68. The minimum atomic E-state index is -0.451. The van der Waals surface area contributed by atoms with Crippen LogP contribution in [-0.2, 0) is 13.2 Å². The second-order valence-corrected chi connectivity index (χ2v) is 9.55. The average Bonchev–Trinajstić information content (AvgIpc) is 2.97. The SMILES string of the molecule is COc1ccc(C(C)CN(Cc2ccccc2)C(CO)c2ccc(OCc3ccccc3)c([N+](=O)[O-])c2)cc1. The molecule has 0 aliphatic heterocycles. The molecule has 7 heteroatoms. The Labute approximate surface area is 229 Å². The van der Waals surface area contributed by atoms with E-state index in [2.05, 4.69) is 11.8 Å². The van der Waals surface area contributed by atoms with Crippen molar-refractivity contribution in [1.82, 2.24) is 4.90 Å². The summed E-state index contributed by atoms with van der Waals surface area (Å²) in [6.07, 6.45) is 0. The van der Waals surface area contributed by atoms with Crippen LogP contribution in [0.25, 0.3) is 0 Å². The van der Waals surface area contributed by atoms with E-state index in [0.29, 0.717) is 18.7 Å². The number of hydrogen-bond acceptors (Lipinski definition) is 6. The smallest absolute Gasteiger partial charge is 0.311 e. The van der Waals surface area contributed by atoms with Crippen LogP contribution in [0.3, 0.4) is 0 Å². The Kier molecular flexibility index (Phi) is 9.67. The lowest BCUT2D eigenvalue weighted by Gasteiger charge is -2.33. The van der Waals surface area contributed by atoms with Crippen molar-refractivity contribution in [2.45, 2.75) is 32.0 Å². The number of hydrogen-bond donors (Lipinski definition) is 1. The molecule has 4 aromatic rings. The van der Waals surface area contributed by atoms with Crippen molar-refractivity contribution in [2.24, 2.45) is 0 Å². The molecule has 0 spiro atoms. The van der Waals surface area contributed by atoms with Gasteiger partial charge in [0, 0.05) is 19.2 Å². The van der Waals surface area contributed by atoms with Crippen LogP contribution in [0.5, 0.6) is 11.5 Å². The van der Waals surface area contributed by atoms with Crippen molar-refractivity contribution in [3.63, 3.8) is 0 Å². The number of nitrogens with zero attached hydrogens (tertiary/aromatic N) is 2. The summed E-state index contributed by atoms with van der Waals surface area (Å²) < 4.78 is 11.1. The predicted molar refractivity (Wildman–Crippen MR) is 152 cm³/mol. The van der Waals surface area contributed by atoms with Gasteiger partial charge in [-0.05, 0) is 46.4 Å². The molecule has 1 N–H and O–H groups in total. The standard InChI is InChI=1S/C32H34N2O5/c1-24(27-13-16-29(38-2)17-14-27)20-33(21-25-9-5-3-6-10-25)31(22-35)28-15-18-32(30(19-28)34(36)37)39-23-26-11-7-4-8-12-26/h3-19,24,31,35H,20-23H2,1-2H3. The van der Waals surface area contributed by atoms with Crippen molar-refractivity contribution in [2.75, 3.05) is 20.3 Å². The molecule has 0 aromatic heterocycles. The van der Waals surface area contributed by atoms with Gasteiger partial charge in [-0.1, -0.05) is 85.8 Å². The number of rotatable bonds is 13. The molecule has 0 aliphatic rings. The van der Waals surface area contributed by atoms with Gasteiger partial charge in [-0.2, -0.15) is 0 Å². The molecule has 0 aliphatic carbocycles. The molecule has 0 saturated heterocycles. The van der Waals surface area contributed by atoms with Crippen molar-refractivity contribution in [3.8, 4) is 11.5 Å². The van der Waals surface area contributed by atoms with E-state index in [9.17, 15) is 15.2 Å². The minimum absolute atomic E-state index is 0.121. The average molecular weight is 527 g/mol. The van der Waals surface area contributed by atoms with Gasteiger partial charge in [-0.25, -0.2) is 0 Å². The summed E-state index contributed by atoms with van der Waals surface area (Å²) >= 11 is 0. The van der Waals surface area contributed by atoms with E-state index in [1.54, 1.807) is 13.2 Å². The normalized spacial score (nSPS) is 12.6. The number of aliphatic hydroxyl groups is 1. The second kappa shape index (κ2) is 13.6. The first-order valence-electron chi connectivity index (χ1n) is 13.0. The van der Waals surface area contributed by atoms with Crippen LogP contribution in [0.2, 0.25) is 0 Å². The van der Waals surface area contributed by atoms with E-state index in [1.165, 1.54) is 6.07 Å². The Morgan fingerprint density at radius 1 is 0.872 bits per heavy atom. The van der Waals surface area contributed by atoms with Gasteiger partial charge in [-0.15, -0.1) is 0 Å². The van der Waals surface area contributed by atoms with Gasteiger partial charge in [0.1, 0.15) is 12.4 Å². The topological polar surface area (TPSA) is 85.1 Å². The Hall–Kier alpha value is -4.20. The van der Waals surface area contributed by atoms with E-state index in [4.69, 9.17) is 9.47 Å². The Morgan fingerprint density at radius 3 is 2.08 bits per heavy atom. The zero-order valence-electron chi connectivity index (χ0n) is 22.3. The Balaban J connectivity index is 1.61. The lowest BCUT2D eigenvalue weighted by molar-refractivity contribution is -0.386. The summed E-state index contributed by atoms with van der Waals surface area (Å²) in [5.41, 5.74) is 3.70. The van der Waals surface area contributed by atoms with E-state index >= 15 is 0 Å². The van der Waals surface area contributed by atoms with Crippen LogP contribution in [0.1, 0.15) is 41.1 Å². The summed E-state index contributed by atoms with van der Waals surface area (Å²) in [5, 5.41) is 22.6. The van der Waals surface area contributed by atoms with Crippen LogP contribution in [0, 0.1) is 10.1 Å². The zero-order valence-corrected chi connectivity index (χ0v) is 22.3. The molecule has 0 amide bonds. The maximum Gasteiger partial charge on any atom is 0.311 e. The maximum absolute atomic E-state index is 12.0. The fourth-order valence-corrected chi connectivity index (χ4v) is 4.68. The summed E-state index contributed by atoms with van der Waals surface area (Å²) in [4.78, 5) is 13.8. The first-order valence-corrected chi connectivity index (χ1v) is 13.0. The molecule has 0 bridgehead atoms. The third-order valence-corrected chi connectivity index (χ3v) is 6.84. The molecule has 4 aromatic carbocycles. The van der Waals surface area contributed by atoms with E-state index in [1.807, 2.05) is 91.0 Å². The van der Waals surface area contributed by atoms with Crippen LogP contribution in [0.15, 0.2) is 103 Å². The molecule has 0 heterocycles. The monoisotopic (exact) mass is 526 g/mol. The third kappa shape index (κ3) is 7.44. The molecular formula is C32H34N2O5. The molecule has 2 atom stereocenters. The zero-order chi connectivity index (χ0) is 27.6. The lowest BCUT2D eigenvalue weighted by atomic mass is 9.97. The van der Waals surface area contributed by atoms with Gasteiger partial charge < -0.3 is 14.6 Å². The first-order chi connectivity index (χ1) is 19.0. The van der Waals surface area contributed by atoms with E-state index < -0.39 is 11.0 Å². The lowest BCUT2D eigenvalue weighted by Crippen LogP contribution is -2.34. The Morgan fingerprint density at radius 2 is 1.49 bits per heavy atom. The molecule has 2 unspecified atom stereocenters. The highest BCUT2D eigenvalue weighted by atomic mass is 16.6. The molecule has 39 heavy (non-hydrogen) atoms. The van der Waals surface area contributed by atoms with Crippen LogP contribution in [-0.4, -0.2) is 35.2 Å². The van der Waals surface area contributed by atoms with Crippen molar-refractivity contribution < 1.29 is 19.5 Å². The van der Waals surface area contributed by atoms with Crippen molar-refractivity contribution in [3.05, 3.63) is 135 Å². The molecular weight excluding hydrogens is 492 g/mol. The maximum atomic E-state index is 12.0. The quantitative estimate of drug-likeness (QED) is 0.158. The molecule has 0 fully saturated rings. The van der Waals surface area contributed by atoms with Crippen LogP contribution in [0.4, 0.5) is 5.69 Å². The van der Waals surface area contributed by atoms with Crippen LogP contribution >= 0.6 is 0 Å². The van der Waals surface area contributed by atoms with Gasteiger partial charge in [0.2, 0.25) is 0 Å². The number of aliphatic hydroxyl groups excluding tert-OH is 1. The summed E-state index contributed by atoms with van der Waals surface area (Å²) in [6.45, 7) is 3.38. The highest BCUT2D eigenvalue weighted by Gasteiger charge is 2.26. The minimum Gasteiger partial charge on any atom is -0.497 e. The number of nitro groups is 1. The largest absolute Gasteiger partial charge is 0.497 e. The molecule has 4 rings (SSSR count). The molecule has 0 radical (unpaired) electrons. The Bertz CT molecular complexity index is 1330. The fraction of sp³-hybridized carbons (Fsp3) is 0.250. The summed E-state index contributed by atoms with van der Waals surface area (Å²) in [7, 11) is 1.64. The van der Waals surface area contributed by atoms with E-state index in [0.717, 1.165) is 22.4 Å². The van der Waals surface area contributed by atoms with Crippen LogP contribution < -0.4 is 9.47 Å². The first kappa shape index (κ1) is 27.8. The number of nitro benzene ring substituents is 1. The molecule has 202 valence electrons. The van der Waals surface area contributed by atoms with Crippen molar-refractivity contribution >= 4 is 5.69 Å². The second-order valence-electron chi connectivity index (χ2n) is 9.55. The molecule has 7 nitrogen and oxygen atoms in total. The molecule has 0 saturated carbocycles. The highest BCUT2D eigenvalue weighted by Crippen LogP contribution is 2.34. The van der Waals surface area contributed by atoms with E-state index in [-0.39, 0.29) is 30.6 Å². The van der Waals surface area contributed by atoms with Gasteiger partial charge in [0.15, 0.2) is 5.75 Å². The van der Waals surface area contributed by atoms with Crippen molar-refractivity contribution in [1.29, 1.82) is 0 Å². The third-order valence-electron chi connectivity index (χ3n) is 6.84. The summed E-state index contributed by atoms with van der Waals surface area (Å²) in [6, 6.07) is 32.0. The van der Waals surface area contributed by atoms with Gasteiger partial charge >= 0.3 is 5.69 Å². The predicted octanol–water partition coefficient (Wildman–Crippen LogP) is 6.52. The van der Waals surface area contributed by atoms with Gasteiger partial charge in [-0.3, -0.25) is 15.0 Å². The highest BCUT2D eigenvalue weighted by molar-refractivity contribution is 5.49. The van der Waals surface area contributed by atoms with Gasteiger partial charge in [0.25, 0.3) is 0 Å². The number of benzene rings is 4.